The molecule has 2 aliphatic carbocycles. The lowest BCUT2D eigenvalue weighted by Gasteiger charge is -2.31. The molecule has 2 rings (SSSR count). The molecular weight excluding hydrogens is 208 g/mol. The molecular formula is C15H30N2. The van der Waals surface area contributed by atoms with Crippen molar-refractivity contribution in [2.75, 3.05) is 13.6 Å². The second kappa shape index (κ2) is 6.19. The highest BCUT2D eigenvalue weighted by atomic mass is 15.2. The summed E-state index contributed by atoms with van der Waals surface area (Å²) in [6.07, 6.45) is 9.91. The first-order valence-electron chi connectivity index (χ1n) is 7.66. The van der Waals surface area contributed by atoms with E-state index in [1.165, 1.54) is 51.5 Å². The van der Waals surface area contributed by atoms with Crippen molar-refractivity contribution in [2.24, 2.45) is 5.92 Å². The van der Waals surface area contributed by atoms with E-state index in [0.29, 0.717) is 6.04 Å². The van der Waals surface area contributed by atoms with Crippen LogP contribution in [-0.4, -0.2) is 36.6 Å². The molecule has 0 aromatic carbocycles. The van der Waals surface area contributed by atoms with Crippen molar-refractivity contribution in [1.82, 2.24) is 10.2 Å². The van der Waals surface area contributed by atoms with E-state index >= 15 is 0 Å². The normalized spacial score (nSPS) is 31.8. The molecule has 0 amide bonds. The zero-order valence-corrected chi connectivity index (χ0v) is 11.9. The summed E-state index contributed by atoms with van der Waals surface area (Å²) in [4.78, 5) is 2.56. The van der Waals surface area contributed by atoms with E-state index in [2.05, 4.69) is 31.1 Å². The van der Waals surface area contributed by atoms with Crippen molar-refractivity contribution in [2.45, 2.75) is 76.9 Å². The van der Waals surface area contributed by atoms with Crippen molar-refractivity contribution in [3.8, 4) is 0 Å². The van der Waals surface area contributed by atoms with Crippen molar-refractivity contribution >= 4 is 0 Å². The van der Waals surface area contributed by atoms with Crippen LogP contribution in [-0.2, 0) is 0 Å². The zero-order valence-electron chi connectivity index (χ0n) is 11.9. The van der Waals surface area contributed by atoms with E-state index in [4.69, 9.17) is 0 Å². The molecule has 2 heteroatoms. The molecule has 0 aromatic heterocycles. The lowest BCUT2D eigenvalue weighted by molar-refractivity contribution is 0.219. The third-order valence-corrected chi connectivity index (χ3v) is 4.94. The third-order valence-electron chi connectivity index (χ3n) is 4.94. The molecule has 0 bridgehead atoms. The van der Waals surface area contributed by atoms with Gasteiger partial charge in [0, 0.05) is 24.7 Å². The first-order chi connectivity index (χ1) is 8.20. The van der Waals surface area contributed by atoms with Crippen LogP contribution in [0, 0.1) is 5.92 Å². The molecule has 0 spiro atoms. The molecule has 2 saturated carbocycles. The summed E-state index contributed by atoms with van der Waals surface area (Å²) in [6.45, 7) is 5.88. The van der Waals surface area contributed by atoms with Gasteiger partial charge in [-0.15, -0.1) is 0 Å². The lowest BCUT2D eigenvalue weighted by atomic mass is 9.84. The van der Waals surface area contributed by atoms with Crippen molar-refractivity contribution in [3.63, 3.8) is 0 Å². The Hall–Kier alpha value is -0.0800. The van der Waals surface area contributed by atoms with Crippen LogP contribution >= 0.6 is 0 Å². The van der Waals surface area contributed by atoms with Crippen LogP contribution < -0.4 is 5.32 Å². The number of hydrogen-bond acceptors (Lipinski definition) is 2. The maximum absolute atomic E-state index is 3.79. The number of likely N-dealkylation sites (N-methyl/N-ethyl adjacent to an activating group) is 1. The highest BCUT2D eigenvalue weighted by molar-refractivity contribution is 4.86. The number of hydrogen-bond donors (Lipinski definition) is 1. The maximum atomic E-state index is 3.79. The van der Waals surface area contributed by atoms with Gasteiger partial charge in [0.15, 0.2) is 0 Å². The Balaban J connectivity index is 1.61. The summed E-state index contributed by atoms with van der Waals surface area (Å²) in [5.41, 5.74) is 0. The maximum Gasteiger partial charge on any atom is 0.0192 e. The minimum atomic E-state index is 0.700. The van der Waals surface area contributed by atoms with Crippen LogP contribution in [0.3, 0.4) is 0 Å². The Kier molecular flexibility index (Phi) is 4.87. The van der Waals surface area contributed by atoms with Gasteiger partial charge in [0.2, 0.25) is 0 Å². The minimum absolute atomic E-state index is 0.700. The van der Waals surface area contributed by atoms with Gasteiger partial charge in [-0.1, -0.05) is 13.3 Å². The van der Waals surface area contributed by atoms with Gasteiger partial charge < -0.3 is 5.32 Å². The van der Waals surface area contributed by atoms with Gasteiger partial charge in [0.1, 0.15) is 0 Å². The molecule has 0 heterocycles. The molecule has 2 nitrogen and oxygen atoms in total. The van der Waals surface area contributed by atoms with Crippen LogP contribution in [0.2, 0.25) is 0 Å². The number of rotatable bonds is 6. The van der Waals surface area contributed by atoms with E-state index in [9.17, 15) is 0 Å². The Morgan fingerprint density at radius 3 is 2.29 bits per heavy atom. The van der Waals surface area contributed by atoms with E-state index < -0.39 is 0 Å². The van der Waals surface area contributed by atoms with Gasteiger partial charge in [0.05, 0.1) is 0 Å². The zero-order chi connectivity index (χ0) is 12.3. The highest BCUT2D eigenvalue weighted by Crippen LogP contribution is 2.28. The smallest absolute Gasteiger partial charge is 0.0192 e. The second-order valence-electron chi connectivity index (χ2n) is 6.28. The molecule has 17 heavy (non-hydrogen) atoms. The first-order valence-corrected chi connectivity index (χ1v) is 7.66. The fourth-order valence-electron chi connectivity index (χ4n) is 3.10. The first kappa shape index (κ1) is 13.4. The van der Waals surface area contributed by atoms with E-state index in [-0.39, 0.29) is 0 Å². The average molecular weight is 238 g/mol. The third kappa shape index (κ3) is 3.96. The molecule has 1 atom stereocenters. The van der Waals surface area contributed by atoms with E-state index in [1.54, 1.807) is 0 Å². The Morgan fingerprint density at radius 2 is 1.76 bits per heavy atom. The molecule has 100 valence electrons. The molecule has 0 aliphatic heterocycles. The Morgan fingerprint density at radius 1 is 1.12 bits per heavy atom. The second-order valence-corrected chi connectivity index (χ2v) is 6.28. The monoisotopic (exact) mass is 238 g/mol. The van der Waals surface area contributed by atoms with E-state index in [1.807, 2.05) is 0 Å². The van der Waals surface area contributed by atoms with Crippen LogP contribution in [0.15, 0.2) is 0 Å². The number of nitrogens with one attached hydrogen (secondary N) is 1. The molecule has 0 saturated heterocycles. The molecule has 0 radical (unpaired) electrons. The largest absolute Gasteiger partial charge is 0.312 e. The summed E-state index contributed by atoms with van der Waals surface area (Å²) in [7, 11) is 2.29. The minimum Gasteiger partial charge on any atom is -0.312 e. The molecule has 0 aromatic rings. The average Bonchev–Trinajstić information content (AvgIpc) is 3.20. The van der Waals surface area contributed by atoms with Crippen LogP contribution in [0.4, 0.5) is 0 Å². The Labute approximate surface area is 107 Å². The quantitative estimate of drug-likeness (QED) is 0.765. The fraction of sp³-hybridized carbons (Fsp3) is 1.00. The van der Waals surface area contributed by atoms with Crippen LogP contribution in [0.1, 0.15) is 58.8 Å². The number of nitrogens with zero attached hydrogens (tertiary/aromatic N) is 1. The van der Waals surface area contributed by atoms with Crippen molar-refractivity contribution < 1.29 is 0 Å². The van der Waals surface area contributed by atoms with Crippen molar-refractivity contribution in [3.05, 3.63) is 0 Å². The summed E-state index contributed by atoms with van der Waals surface area (Å²) in [5.74, 6) is 1.01. The molecule has 2 fully saturated rings. The summed E-state index contributed by atoms with van der Waals surface area (Å²) >= 11 is 0. The Bertz CT molecular complexity index is 217. The van der Waals surface area contributed by atoms with Gasteiger partial charge in [-0.2, -0.15) is 0 Å². The SMILES string of the molecule is CCC1CCC(NCC(C)N(C)C2CC2)CC1. The standard InChI is InChI=1S/C15H30N2/c1-4-13-5-7-14(8-6-13)16-11-12(2)17(3)15-9-10-15/h12-16H,4-11H2,1-3H3. The predicted octanol–water partition coefficient (Wildman–Crippen LogP) is 3.03. The predicted molar refractivity (Wildman–Crippen MR) is 74.3 cm³/mol. The van der Waals surface area contributed by atoms with Crippen molar-refractivity contribution in [1.29, 1.82) is 0 Å². The van der Waals surface area contributed by atoms with Gasteiger partial charge in [0.25, 0.3) is 0 Å². The van der Waals surface area contributed by atoms with Crippen LogP contribution in [0.5, 0.6) is 0 Å². The fourth-order valence-corrected chi connectivity index (χ4v) is 3.10. The van der Waals surface area contributed by atoms with Crippen LogP contribution in [0.25, 0.3) is 0 Å². The summed E-state index contributed by atoms with van der Waals surface area (Å²) in [6, 6.07) is 2.39. The highest BCUT2D eigenvalue weighted by Gasteiger charge is 2.29. The topological polar surface area (TPSA) is 15.3 Å². The van der Waals surface area contributed by atoms with Gasteiger partial charge in [-0.3, -0.25) is 4.90 Å². The van der Waals surface area contributed by atoms with Gasteiger partial charge in [-0.05, 0) is 58.4 Å². The van der Waals surface area contributed by atoms with Gasteiger partial charge >= 0.3 is 0 Å². The molecule has 2 aliphatic rings. The molecule has 1 N–H and O–H groups in total. The summed E-state index contributed by atoms with van der Waals surface area (Å²) < 4.78 is 0. The van der Waals surface area contributed by atoms with E-state index in [0.717, 1.165) is 18.0 Å². The summed E-state index contributed by atoms with van der Waals surface area (Å²) in [5, 5.41) is 3.79. The van der Waals surface area contributed by atoms with Gasteiger partial charge in [-0.25, -0.2) is 0 Å². The molecule has 1 unspecified atom stereocenters. The lowest BCUT2D eigenvalue weighted by Crippen LogP contribution is -2.43.